The van der Waals surface area contributed by atoms with Crippen molar-refractivity contribution in [3.63, 3.8) is 0 Å². The van der Waals surface area contributed by atoms with Crippen molar-refractivity contribution >= 4 is 5.91 Å². The van der Waals surface area contributed by atoms with E-state index in [4.69, 9.17) is 4.74 Å². The maximum absolute atomic E-state index is 13.3. The molecular weight excluding hydrogens is 442 g/mol. The summed E-state index contributed by atoms with van der Waals surface area (Å²) >= 11 is 0. The van der Waals surface area contributed by atoms with E-state index in [1.54, 1.807) is 0 Å². The third-order valence-corrected chi connectivity index (χ3v) is 6.22. The summed E-state index contributed by atoms with van der Waals surface area (Å²) in [6, 6.07) is 26.1. The number of fused-ring (bicyclic) bond motifs is 2. The number of rotatable bonds is 5. The highest BCUT2D eigenvalue weighted by atomic mass is 16.5. The summed E-state index contributed by atoms with van der Waals surface area (Å²) in [5.74, 6) is -0.417. The van der Waals surface area contributed by atoms with E-state index in [1.165, 1.54) is 16.9 Å². The highest BCUT2D eigenvalue weighted by Gasteiger charge is 2.30. The van der Waals surface area contributed by atoms with Crippen LogP contribution in [0.3, 0.4) is 0 Å². The normalized spacial score (nSPS) is 14.1. The SMILES string of the molecule is CN(C1c2ccccc2COc2ccccc21)n1ccc(=O)c(O)c1C(=O)NCc1ccccc1. The van der Waals surface area contributed by atoms with Crippen molar-refractivity contribution < 1.29 is 14.6 Å². The van der Waals surface area contributed by atoms with Gasteiger partial charge in [0.2, 0.25) is 5.43 Å². The molecule has 1 aliphatic rings. The fourth-order valence-electron chi connectivity index (χ4n) is 4.47. The Morgan fingerprint density at radius 2 is 1.69 bits per heavy atom. The van der Waals surface area contributed by atoms with Gasteiger partial charge in [0.25, 0.3) is 5.91 Å². The van der Waals surface area contributed by atoms with Crippen LogP contribution in [0.2, 0.25) is 0 Å². The van der Waals surface area contributed by atoms with Gasteiger partial charge in [-0.15, -0.1) is 0 Å². The second-order valence-corrected chi connectivity index (χ2v) is 8.39. The van der Waals surface area contributed by atoms with Crippen molar-refractivity contribution in [1.29, 1.82) is 0 Å². The first-order chi connectivity index (χ1) is 17.0. The molecule has 0 bridgehead atoms. The number of nitrogens with zero attached hydrogens (tertiary/aromatic N) is 2. The fraction of sp³-hybridized carbons (Fsp3) is 0.143. The molecule has 0 spiro atoms. The van der Waals surface area contributed by atoms with Crippen LogP contribution >= 0.6 is 0 Å². The summed E-state index contributed by atoms with van der Waals surface area (Å²) in [6.45, 7) is 0.673. The highest BCUT2D eigenvalue weighted by molar-refractivity contribution is 5.95. The molecule has 1 amide bonds. The third kappa shape index (κ3) is 4.24. The molecule has 4 aromatic rings. The molecule has 1 aliphatic heterocycles. The summed E-state index contributed by atoms with van der Waals surface area (Å²) in [5.41, 5.74) is 3.09. The van der Waals surface area contributed by atoms with Crippen LogP contribution in [0.4, 0.5) is 0 Å². The summed E-state index contributed by atoms with van der Waals surface area (Å²) in [5, 5.41) is 15.4. The van der Waals surface area contributed by atoms with Crippen LogP contribution in [0.25, 0.3) is 0 Å². The molecule has 0 radical (unpaired) electrons. The molecule has 1 atom stereocenters. The first-order valence-electron chi connectivity index (χ1n) is 11.3. The number of ether oxygens (including phenoxy) is 1. The Morgan fingerprint density at radius 1 is 1.00 bits per heavy atom. The van der Waals surface area contributed by atoms with Gasteiger partial charge in [0.05, 0.1) is 6.04 Å². The lowest BCUT2D eigenvalue weighted by atomic mass is 9.94. The van der Waals surface area contributed by atoms with E-state index < -0.39 is 17.1 Å². The lowest BCUT2D eigenvalue weighted by Crippen LogP contribution is -2.40. The van der Waals surface area contributed by atoms with Gasteiger partial charge in [-0.05, 0) is 22.8 Å². The number of nitrogens with one attached hydrogen (secondary N) is 1. The molecule has 35 heavy (non-hydrogen) atoms. The monoisotopic (exact) mass is 467 g/mol. The minimum Gasteiger partial charge on any atom is -0.502 e. The van der Waals surface area contributed by atoms with E-state index in [-0.39, 0.29) is 18.3 Å². The zero-order valence-corrected chi connectivity index (χ0v) is 19.2. The van der Waals surface area contributed by atoms with E-state index in [0.29, 0.717) is 6.61 Å². The Kier molecular flexibility index (Phi) is 5.97. The number of hydrogen-bond acceptors (Lipinski definition) is 5. The Morgan fingerprint density at radius 3 is 2.49 bits per heavy atom. The van der Waals surface area contributed by atoms with E-state index in [1.807, 2.05) is 90.9 Å². The van der Waals surface area contributed by atoms with Crippen LogP contribution < -0.4 is 20.5 Å². The predicted octanol–water partition coefficient (Wildman–Crippen LogP) is 3.73. The van der Waals surface area contributed by atoms with Gasteiger partial charge in [-0.2, -0.15) is 0 Å². The number of pyridine rings is 1. The van der Waals surface area contributed by atoms with Crippen molar-refractivity contribution in [2.75, 3.05) is 12.1 Å². The van der Waals surface area contributed by atoms with E-state index >= 15 is 0 Å². The predicted molar refractivity (Wildman–Crippen MR) is 133 cm³/mol. The zero-order valence-electron chi connectivity index (χ0n) is 19.2. The number of aromatic hydroxyl groups is 1. The average Bonchev–Trinajstić information content (AvgIpc) is 3.06. The zero-order chi connectivity index (χ0) is 24.4. The van der Waals surface area contributed by atoms with Gasteiger partial charge in [-0.1, -0.05) is 72.8 Å². The molecule has 1 aromatic heterocycles. The number of benzene rings is 3. The Labute approximate surface area is 202 Å². The van der Waals surface area contributed by atoms with Gasteiger partial charge in [-0.25, -0.2) is 0 Å². The van der Waals surface area contributed by atoms with Crippen LogP contribution in [-0.2, 0) is 13.2 Å². The Balaban J connectivity index is 1.59. The molecule has 7 nitrogen and oxygen atoms in total. The number of hydrogen-bond donors (Lipinski definition) is 2. The van der Waals surface area contributed by atoms with Gasteiger partial charge >= 0.3 is 0 Å². The van der Waals surface area contributed by atoms with Crippen LogP contribution in [0, 0.1) is 0 Å². The van der Waals surface area contributed by atoms with Gasteiger partial charge in [0.15, 0.2) is 11.4 Å². The first-order valence-corrected chi connectivity index (χ1v) is 11.3. The molecule has 0 saturated carbocycles. The molecule has 176 valence electrons. The number of carbonyl (C=O) groups is 1. The van der Waals surface area contributed by atoms with Crippen molar-refractivity contribution in [3.8, 4) is 11.5 Å². The fourth-order valence-corrected chi connectivity index (χ4v) is 4.47. The topological polar surface area (TPSA) is 83.8 Å². The van der Waals surface area contributed by atoms with Crippen LogP contribution in [0.15, 0.2) is 95.9 Å². The van der Waals surface area contributed by atoms with Crippen LogP contribution in [0.5, 0.6) is 11.5 Å². The van der Waals surface area contributed by atoms with Gasteiger partial charge < -0.3 is 20.2 Å². The molecule has 7 heteroatoms. The van der Waals surface area contributed by atoms with E-state index in [2.05, 4.69) is 5.32 Å². The summed E-state index contributed by atoms with van der Waals surface area (Å²) in [4.78, 5) is 25.6. The minimum atomic E-state index is -0.621. The molecule has 0 fully saturated rings. The number of amides is 1. The molecule has 0 saturated heterocycles. The maximum Gasteiger partial charge on any atom is 0.274 e. The van der Waals surface area contributed by atoms with Crippen molar-refractivity contribution in [3.05, 3.63) is 129 Å². The number of aromatic nitrogens is 1. The van der Waals surface area contributed by atoms with Gasteiger partial charge in [0, 0.05) is 31.4 Å². The molecule has 3 aromatic carbocycles. The second-order valence-electron chi connectivity index (χ2n) is 8.39. The molecular formula is C28H25N3O4. The minimum absolute atomic E-state index is 0.129. The Hall–Kier alpha value is -4.52. The van der Waals surface area contributed by atoms with Gasteiger partial charge in [-0.3, -0.25) is 14.3 Å². The second kappa shape index (κ2) is 9.38. The summed E-state index contributed by atoms with van der Waals surface area (Å²) in [7, 11) is 1.82. The molecule has 0 aliphatic carbocycles. The van der Waals surface area contributed by atoms with Crippen LogP contribution in [0.1, 0.15) is 38.8 Å². The number of carbonyl (C=O) groups excluding carboxylic acids is 1. The highest BCUT2D eigenvalue weighted by Crippen LogP contribution is 2.38. The lowest BCUT2D eigenvalue weighted by Gasteiger charge is -2.34. The average molecular weight is 468 g/mol. The molecule has 1 unspecified atom stereocenters. The third-order valence-electron chi connectivity index (χ3n) is 6.22. The largest absolute Gasteiger partial charge is 0.502 e. The van der Waals surface area contributed by atoms with Crippen LogP contribution in [-0.4, -0.2) is 22.7 Å². The lowest BCUT2D eigenvalue weighted by molar-refractivity contribution is 0.0936. The van der Waals surface area contributed by atoms with Crippen molar-refractivity contribution in [2.45, 2.75) is 19.2 Å². The van der Waals surface area contributed by atoms with E-state index in [9.17, 15) is 14.7 Å². The van der Waals surface area contributed by atoms with Crippen molar-refractivity contribution in [1.82, 2.24) is 9.99 Å². The quantitative estimate of drug-likeness (QED) is 0.467. The first kappa shape index (κ1) is 22.3. The molecule has 2 N–H and O–H groups in total. The van der Waals surface area contributed by atoms with Gasteiger partial charge in [0.1, 0.15) is 12.4 Å². The molecule has 5 rings (SSSR count). The summed E-state index contributed by atoms with van der Waals surface area (Å²) in [6.07, 6.45) is 1.51. The number of para-hydroxylation sites is 1. The Bertz CT molecular complexity index is 1380. The summed E-state index contributed by atoms with van der Waals surface area (Å²) < 4.78 is 7.61. The van der Waals surface area contributed by atoms with Crippen molar-refractivity contribution in [2.24, 2.45) is 0 Å². The smallest absolute Gasteiger partial charge is 0.274 e. The maximum atomic E-state index is 13.3. The standard InChI is InChI=1S/C28H25N3O4/c1-30(25-21-12-6-5-11-20(21)18-35-24-14-8-7-13-22(24)25)31-16-15-23(32)27(33)26(31)28(34)29-17-19-9-3-2-4-10-19/h2-16,25,33H,17-18H2,1H3,(H,29,34). The van der Waals surface area contributed by atoms with E-state index in [0.717, 1.165) is 28.0 Å². The molecule has 2 heterocycles.